The molecular weight excluding hydrogens is 292 g/mol. The maximum atomic E-state index is 12.2. The molecule has 0 aliphatic carbocycles. The Hall–Kier alpha value is -2.82. The average molecular weight is 312 g/mol. The van der Waals surface area contributed by atoms with Crippen molar-refractivity contribution in [1.82, 2.24) is 0 Å². The molecule has 23 heavy (non-hydrogen) atoms. The van der Waals surface area contributed by atoms with Gasteiger partial charge in [0.05, 0.1) is 6.61 Å². The number of hydrogen-bond acceptors (Lipinski definition) is 3. The predicted molar refractivity (Wildman–Crippen MR) is 90.9 cm³/mol. The minimum atomic E-state index is -0.195. The van der Waals surface area contributed by atoms with E-state index < -0.39 is 0 Å². The number of amides is 2. The third kappa shape index (κ3) is 5.14. The lowest BCUT2D eigenvalue weighted by Gasteiger charge is -2.08. The van der Waals surface area contributed by atoms with Crippen LogP contribution in [0.3, 0.4) is 0 Å². The van der Waals surface area contributed by atoms with E-state index in [-0.39, 0.29) is 11.8 Å². The van der Waals surface area contributed by atoms with Crippen molar-refractivity contribution < 1.29 is 14.3 Å². The van der Waals surface area contributed by atoms with Gasteiger partial charge in [-0.2, -0.15) is 0 Å². The fourth-order valence-electron chi connectivity index (χ4n) is 1.97. The van der Waals surface area contributed by atoms with Gasteiger partial charge in [-0.05, 0) is 55.0 Å². The molecule has 5 nitrogen and oxygen atoms in total. The summed E-state index contributed by atoms with van der Waals surface area (Å²) in [5, 5.41) is 5.48. The molecule has 120 valence electrons. The first-order chi connectivity index (χ1) is 11.1. The van der Waals surface area contributed by atoms with Crippen molar-refractivity contribution in [1.29, 1.82) is 0 Å². The standard InChI is InChI=1S/C18H20N2O3/c1-3-12-23-17-10-4-14(5-11-17)18(22)20-16-8-6-15(7-9-16)19-13(2)21/h4-11H,3,12H2,1-2H3,(H,19,21)(H,20,22). The summed E-state index contributed by atoms with van der Waals surface area (Å²) in [7, 11) is 0. The zero-order valence-electron chi connectivity index (χ0n) is 13.3. The van der Waals surface area contributed by atoms with Crippen LogP contribution in [0.4, 0.5) is 11.4 Å². The molecule has 0 bridgehead atoms. The number of anilines is 2. The van der Waals surface area contributed by atoms with E-state index in [0.717, 1.165) is 12.2 Å². The van der Waals surface area contributed by atoms with Gasteiger partial charge in [0.15, 0.2) is 0 Å². The van der Waals surface area contributed by atoms with Crippen molar-refractivity contribution in [2.24, 2.45) is 0 Å². The van der Waals surface area contributed by atoms with Gasteiger partial charge < -0.3 is 15.4 Å². The molecule has 2 N–H and O–H groups in total. The lowest BCUT2D eigenvalue weighted by molar-refractivity contribution is -0.114. The SMILES string of the molecule is CCCOc1ccc(C(=O)Nc2ccc(NC(C)=O)cc2)cc1. The Kier molecular flexibility index (Phi) is 5.74. The summed E-state index contributed by atoms with van der Waals surface area (Å²) in [6.07, 6.45) is 0.941. The fraction of sp³-hybridized carbons (Fsp3) is 0.222. The monoisotopic (exact) mass is 312 g/mol. The molecule has 2 aromatic carbocycles. The molecule has 5 heteroatoms. The van der Waals surface area contributed by atoms with Gasteiger partial charge in [-0.3, -0.25) is 9.59 Å². The zero-order valence-corrected chi connectivity index (χ0v) is 13.3. The van der Waals surface area contributed by atoms with Crippen LogP contribution in [0.5, 0.6) is 5.75 Å². The number of hydrogen-bond donors (Lipinski definition) is 2. The maximum absolute atomic E-state index is 12.2. The number of benzene rings is 2. The van der Waals surface area contributed by atoms with E-state index in [0.29, 0.717) is 23.5 Å². The molecule has 0 fully saturated rings. The molecule has 2 aromatic rings. The van der Waals surface area contributed by atoms with Crippen molar-refractivity contribution in [3.05, 3.63) is 54.1 Å². The minimum absolute atomic E-state index is 0.132. The van der Waals surface area contributed by atoms with Gasteiger partial charge in [0.25, 0.3) is 5.91 Å². The molecule has 0 heterocycles. The van der Waals surface area contributed by atoms with Gasteiger partial charge in [0.2, 0.25) is 5.91 Å². The highest BCUT2D eigenvalue weighted by Gasteiger charge is 2.06. The van der Waals surface area contributed by atoms with Crippen LogP contribution in [0.1, 0.15) is 30.6 Å². The first-order valence-corrected chi connectivity index (χ1v) is 7.50. The third-order valence-electron chi connectivity index (χ3n) is 3.05. The average Bonchev–Trinajstić information content (AvgIpc) is 2.54. The topological polar surface area (TPSA) is 67.4 Å². The van der Waals surface area contributed by atoms with Crippen LogP contribution in [-0.2, 0) is 4.79 Å². The van der Waals surface area contributed by atoms with Gasteiger partial charge >= 0.3 is 0 Å². The highest BCUT2D eigenvalue weighted by atomic mass is 16.5. The molecule has 0 radical (unpaired) electrons. The van der Waals surface area contributed by atoms with E-state index in [4.69, 9.17) is 4.74 Å². The highest BCUT2D eigenvalue weighted by molar-refractivity contribution is 6.04. The van der Waals surface area contributed by atoms with E-state index in [1.54, 1.807) is 48.5 Å². The van der Waals surface area contributed by atoms with Crippen molar-refractivity contribution in [2.75, 3.05) is 17.2 Å². The van der Waals surface area contributed by atoms with Gasteiger partial charge in [0, 0.05) is 23.9 Å². The summed E-state index contributed by atoms with van der Waals surface area (Å²) in [6.45, 7) is 4.15. The lowest BCUT2D eigenvalue weighted by Crippen LogP contribution is -2.12. The van der Waals surface area contributed by atoms with Crippen LogP contribution < -0.4 is 15.4 Å². The van der Waals surface area contributed by atoms with Crippen LogP contribution in [0.15, 0.2) is 48.5 Å². The first-order valence-electron chi connectivity index (χ1n) is 7.50. The predicted octanol–water partition coefficient (Wildman–Crippen LogP) is 3.69. The molecule has 0 aliphatic rings. The molecule has 0 atom stereocenters. The van der Waals surface area contributed by atoms with Crippen LogP contribution >= 0.6 is 0 Å². The van der Waals surface area contributed by atoms with Crippen molar-refractivity contribution in [2.45, 2.75) is 20.3 Å². The highest BCUT2D eigenvalue weighted by Crippen LogP contribution is 2.16. The van der Waals surface area contributed by atoms with Crippen LogP contribution in [-0.4, -0.2) is 18.4 Å². The molecule has 0 aromatic heterocycles. The lowest BCUT2D eigenvalue weighted by atomic mass is 10.2. The molecule has 0 aliphatic heterocycles. The number of ether oxygens (including phenoxy) is 1. The Morgan fingerprint density at radius 1 is 0.913 bits per heavy atom. The molecule has 0 unspecified atom stereocenters. The summed E-state index contributed by atoms with van der Waals surface area (Å²) in [6, 6.07) is 14.0. The second-order valence-electron chi connectivity index (χ2n) is 5.09. The van der Waals surface area contributed by atoms with E-state index in [9.17, 15) is 9.59 Å². The molecule has 0 saturated heterocycles. The van der Waals surface area contributed by atoms with Crippen LogP contribution in [0.2, 0.25) is 0 Å². The summed E-state index contributed by atoms with van der Waals surface area (Å²) in [5.74, 6) is 0.426. The molecule has 0 saturated carbocycles. The Labute approximate surface area is 135 Å². The minimum Gasteiger partial charge on any atom is -0.494 e. The summed E-state index contributed by atoms with van der Waals surface area (Å²) in [4.78, 5) is 23.1. The Morgan fingerprint density at radius 3 is 2.00 bits per heavy atom. The summed E-state index contributed by atoms with van der Waals surface area (Å²) in [5.41, 5.74) is 1.91. The van der Waals surface area contributed by atoms with Crippen molar-refractivity contribution in [3.8, 4) is 5.75 Å². The third-order valence-corrected chi connectivity index (χ3v) is 3.05. The van der Waals surface area contributed by atoms with Crippen LogP contribution in [0.25, 0.3) is 0 Å². The Balaban J connectivity index is 1.96. The van der Waals surface area contributed by atoms with Gasteiger partial charge in [-0.15, -0.1) is 0 Å². The van der Waals surface area contributed by atoms with E-state index in [1.807, 2.05) is 6.92 Å². The van der Waals surface area contributed by atoms with E-state index in [1.165, 1.54) is 6.92 Å². The van der Waals surface area contributed by atoms with E-state index >= 15 is 0 Å². The second-order valence-corrected chi connectivity index (χ2v) is 5.09. The quantitative estimate of drug-likeness (QED) is 0.855. The van der Waals surface area contributed by atoms with E-state index in [2.05, 4.69) is 10.6 Å². The molecule has 2 rings (SSSR count). The summed E-state index contributed by atoms with van der Waals surface area (Å²) < 4.78 is 5.49. The number of carbonyl (C=O) groups is 2. The first kappa shape index (κ1) is 16.5. The Bertz CT molecular complexity index is 664. The summed E-state index contributed by atoms with van der Waals surface area (Å²) >= 11 is 0. The Morgan fingerprint density at radius 2 is 1.48 bits per heavy atom. The zero-order chi connectivity index (χ0) is 16.7. The maximum Gasteiger partial charge on any atom is 0.255 e. The molecular formula is C18H20N2O3. The molecule has 0 spiro atoms. The second kappa shape index (κ2) is 7.98. The van der Waals surface area contributed by atoms with Crippen molar-refractivity contribution in [3.63, 3.8) is 0 Å². The van der Waals surface area contributed by atoms with Gasteiger partial charge in [-0.1, -0.05) is 6.92 Å². The fourth-order valence-corrected chi connectivity index (χ4v) is 1.97. The number of carbonyl (C=O) groups excluding carboxylic acids is 2. The molecule has 2 amide bonds. The number of rotatable bonds is 6. The largest absolute Gasteiger partial charge is 0.494 e. The van der Waals surface area contributed by atoms with Gasteiger partial charge in [-0.25, -0.2) is 0 Å². The van der Waals surface area contributed by atoms with Crippen molar-refractivity contribution >= 4 is 23.2 Å². The normalized spacial score (nSPS) is 10.0. The smallest absolute Gasteiger partial charge is 0.255 e. The number of nitrogens with one attached hydrogen (secondary N) is 2. The van der Waals surface area contributed by atoms with Gasteiger partial charge in [0.1, 0.15) is 5.75 Å². The van der Waals surface area contributed by atoms with Crippen LogP contribution in [0, 0.1) is 0 Å².